The van der Waals surface area contributed by atoms with Crippen LogP contribution in [0.25, 0.3) is 0 Å². The monoisotopic (exact) mass is 318 g/mol. The highest BCUT2D eigenvalue weighted by atomic mass is 32.2. The first-order valence-corrected chi connectivity index (χ1v) is 9.14. The van der Waals surface area contributed by atoms with Crippen LogP contribution in [0.2, 0.25) is 0 Å². The minimum Gasteiger partial charge on any atom is -0.326 e. The molecular formula is C13H19FN2O2S2. The predicted octanol–water partition coefficient (Wildman–Crippen LogP) is 1.62. The Morgan fingerprint density at radius 2 is 2.25 bits per heavy atom. The lowest BCUT2D eigenvalue weighted by Gasteiger charge is -2.14. The molecule has 1 aromatic carbocycles. The van der Waals surface area contributed by atoms with Crippen molar-refractivity contribution >= 4 is 21.8 Å². The second kappa shape index (κ2) is 6.43. The van der Waals surface area contributed by atoms with E-state index < -0.39 is 15.8 Å². The van der Waals surface area contributed by atoms with Crippen LogP contribution in [0, 0.1) is 18.7 Å². The molecule has 1 aliphatic rings. The Balaban J connectivity index is 2.21. The van der Waals surface area contributed by atoms with Crippen molar-refractivity contribution in [2.24, 2.45) is 11.7 Å². The zero-order chi connectivity index (χ0) is 14.8. The SMILES string of the molecule is Cc1c(F)cc(CN)cc1S(=O)(=O)NCC1CCSC1. The van der Waals surface area contributed by atoms with Crippen LogP contribution in [0.5, 0.6) is 0 Å². The van der Waals surface area contributed by atoms with E-state index in [2.05, 4.69) is 4.72 Å². The zero-order valence-corrected chi connectivity index (χ0v) is 13.0. The molecule has 0 aliphatic carbocycles. The molecule has 1 aromatic rings. The number of hydrogen-bond donors (Lipinski definition) is 2. The quantitative estimate of drug-likeness (QED) is 0.865. The second-order valence-corrected chi connectivity index (χ2v) is 7.87. The largest absolute Gasteiger partial charge is 0.326 e. The molecule has 1 saturated heterocycles. The molecule has 0 radical (unpaired) electrons. The van der Waals surface area contributed by atoms with E-state index in [-0.39, 0.29) is 17.0 Å². The van der Waals surface area contributed by atoms with Gasteiger partial charge in [-0.25, -0.2) is 17.5 Å². The summed E-state index contributed by atoms with van der Waals surface area (Å²) in [7, 11) is -3.69. The smallest absolute Gasteiger partial charge is 0.240 e. The Morgan fingerprint density at radius 1 is 1.50 bits per heavy atom. The highest BCUT2D eigenvalue weighted by Gasteiger charge is 2.23. The first-order chi connectivity index (χ1) is 9.44. The number of thioether (sulfide) groups is 1. The van der Waals surface area contributed by atoms with E-state index in [9.17, 15) is 12.8 Å². The van der Waals surface area contributed by atoms with Crippen LogP contribution in [-0.2, 0) is 16.6 Å². The minimum absolute atomic E-state index is 0.0106. The number of rotatable bonds is 5. The first-order valence-electron chi connectivity index (χ1n) is 6.50. The van der Waals surface area contributed by atoms with E-state index in [0.717, 1.165) is 17.9 Å². The van der Waals surface area contributed by atoms with E-state index in [1.165, 1.54) is 19.1 Å². The van der Waals surface area contributed by atoms with Gasteiger partial charge in [-0.05, 0) is 48.5 Å². The molecule has 1 aliphatic heterocycles. The molecule has 2 rings (SSSR count). The molecule has 4 nitrogen and oxygen atoms in total. The summed E-state index contributed by atoms with van der Waals surface area (Å²) in [5.74, 6) is 1.86. The Labute approximate surface area is 123 Å². The lowest BCUT2D eigenvalue weighted by atomic mass is 10.1. The van der Waals surface area contributed by atoms with Crippen LogP contribution in [0.15, 0.2) is 17.0 Å². The summed E-state index contributed by atoms with van der Waals surface area (Å²) in [6.07, 6.45) is 1.02. The summed E-state index contributed by atoms with van der Waals surface area (Å²) >= 11 is 1.83. The predicted molar refractivity (Wildman–Crippen MR) is 79.6 cm³/mol. The molecule has 112 valence electrons. The molecule has 1 heterocycles. The van der Waals surface area contributed by atoms with Crippen molar-refractivity contribution in [3.8, 4) is 0 Å². The standard InChI is InChI=1S/C13H19FN2O2S2/c1-9-12(14)4-11(6-15)5-13(9)20(17,18)16-7-10-2-3-19-8-10/h4-5,10,16H,2-3,6-8,15H2,1H3. The maximum Gasteiger partial charge on any atom is 0.240 e. The maximum atomic E-state index is 13.7. The lowest BCUT2D eigenvalue weighted by molar-refractivity contribution is 0.543. The molecule has 0 aromatic heterocycles. The van der Waals surface area contributed by atoms with Gasteiger partial charge in [0.15, 0.2) is 0 Å². The van der Waals surface area contributed by atoms with Crippen molar-refractivity contribution < 1.29 is 12.8 Å². The van der Waals surface area contributed by atoms with Crippen molar-refractivity contribution in [3.05, 3.63) is 29.1 Å². The maximum absolute atomic E-state index is 13.7. The summed E-state index contributed by atoms with van der Waals surface area (Å²) in [6, 6.07) is 2.73. The zero-order valence-electron chi connectivity index (χ0n) is 11.4. The molecule has 1 fully saturated rings. The fourth-order valence-corrected chi connectivity index (χ4v) is 4.86. The summed E-state index contributed by atoms with van der Waals surface area (Å²) in [5.41, 5.74) is 6.08. The topological polar surface area (TPSA) is 72.2 Å². The van der Waals surface area contributed by atoms with Gasteiger partial charge in [0, 0.05) is 18.7 Å². The number of nitrogens with one attached hydrogen (secondary N) is 1. The van der Waals surface area contributed by atoms with Crippen LogP contribution in [0.3, 0.4) is 0 Å². The number of benzene rings is 1. The van der Waals surface area contributed by atoms with E-state index in [4.69, 9.17) is 5.73 Å². The van der Waals surface area contributed by atoms with Gasteiger partial charge in [0.25, 0.3) is 0 Å². The average molecular weight is 318 g/mol. The van der Waals surface area contributed by atoms with Gasteiger partial charge >= 0.3 is 0 Å². The first kappa shape index (κ1) is 15.8. The molecule has 7 heteroatoms. The van der Waals surface area contributed by atoms with E-state index in [1.54, 1.807) is 0 Å². The summed E-state index contributed by atoms with van der Waals surface area (Å²) in [4.78, 5) is -0.0106. The van der Waals surface area contributed by atoms with Crippen LogP contribution < -0.4 is 10.5 Å². The third-order valence-electron chi connectivity index (χ3n) is 3.47. The normalized spacial score (nSPS) is 19.4. The molecular weight excluding hydrogens is 299 g/mol. The van der Waals surface area contributed by atoms with Crippen molar-refractivity contribution in [2.75, 3.05) is 18.1 Å². The van der Waals surface area contributed by atoms with Gasteiger partial charge < -0.3 is 5.73 Å². The van der Waals surface area contributed by atoms with Gasteiger partial charge in [-0.1, -0.05) is 0 Å². The fraction of sp³-hybridized carbons (Fsp3) is 0.538. The number of sulfonamides is 1. The lowest BCUT2D eigenvalue weighted by Crippen LogP contribution is -2.30. The van der Waals surface area contributed by atoms with Gasteiger partial charge in [0.1, 0.15) is 5.82 Å². The minimum atomic E-state index is -3.69. The van der Waals surface area contributed by atoms with E-state index in [0.29, 0.717) is 18.0 Å². The third-order valence-corrected chi connectivity index (χ3v) is 6.25. The summed E-state index contributed by atoms with van der Waals surface area (Å²) in [5, 5.41) is 0. The molecule has 3 N–H and O–H groups in total. The van der Waals surface area contributed by atoms with Gasteiger partial charge in [-0.2, -0.15) is 11.8 Å². The van der Waals surface area contributed by atoms with Crippen molar-refractivity contribution in [1.82, 2.24) is 4.72 Å². The molecule has 1 atom stereocenters. The number of halogens is 1. The van der Waals surface area contributed by atoms with Crippen LogP contribution in [0.4, 0.5) is 4.39 Å². The molecule has 0 saturated carbocycles. The summed E-state index contributed by atoms with van der Waals surface area (Å²) in [6.45, 7) is 1.98. The van der Waals surface area contributed by atoms with E-state index >= 15 is 0 Å². The van der Waals surface area contributed by atoms with Gasteiger partial charge in [-0.15, -0.1) is 0 Å². The fourth-order valence-electron chi connectivity index (χ4n) is 2.15. The highest BCUT2D eigenvalue weighted by Crippen LogP contribution is 2.24. The van der Waals surface area contributed by atoms with Gasteiger partial charge in [-0.3, -0.25) is 0 Å². The highest BCUT2D eigenvalue weighted by molar-refractivity contribution is 7.99. The van der Waals surface area contributed by atoms with Gasteiger partial charge in [0.2, 0.25) is 10.0 Å². The Bertz CT molecular complexity index is 584. The summed E-state index contributed by atoms with van der Waals surface area (Å²) < 4.78 is 40.9. The number of hydrogen-bond acceptors (Lipinski definition) is 4. The van der Waals surface area contributed by atoms with Crippen LogP contribution in [0.1, 0.15) is 17.5 Å². The Hall–Kier alpha value is -0.630. The Kier molecular flexibility index (Phi) is 5.06. The molecule has 0 amide bonds. The van der Waals surface area contributed by atoms with Crippen molar-refractivity contribution in [1.29, 1.82) is 0 Å². The molecule has 0 spiro atoms. The molecule has 20 heavy (non-hydrogen) atoms. The number of nitrogens with two attached hydrogens (primary N) is 1. The average Bonchev–Trinajstić information content (AvgIpc) is 2.92. The second-order valence-electron chi connectivity index (χ2n) is 4.99. The van der Waals surface area contributed by atoms with E-state index in [1.807, 2.05) is 11.8 Å². The van der Waals surface area contributed by atoms with Gasteiger partial charge in [0.05, 0.1) is 4.90 Å². The van der Waals surface area contributed by atoms with Crippen molar-refractivity contribution in [3.63, 3.8) is 0 Å². The molecule has 0 bridgehead atoms. The van der Waals surface area contributed by atoms with Crippen molar-refractivity contribution in [2.45, 2.75) is 24.8 Å². The Morgan fingerprint density at radius 3 is 2.85 bits per heavy atom. The van der Waals surface area contributed by atoms with Crippen LogP contribution >= 0.6 is 11.8 Å². The third kappa shape index (κ3) is 3.52. The molecule has 1 unspecified atom stereocenters. The van der Waals surface area contributed by atoms with Crippen LogP contribution in [-0.4, -0.2) is 26.5 Å².